The molecule has 1 rings (SSSR count). The molecule has 0 amide bonds. The molecule has 0 fully saturated rings. The highest BCUT2D eigenvalue weighted by molar-refractivity contribution is 5.46. The third-order valence-electron chi connectivity index (χ3n) is 1.66. The molecular formula is C12H19NO. The molecule has 0 aliphatic rings. The van der Waals surface area contributed by atoms with Crippen molar-refractivity contribution in [2.45, 2.75) is 33.3 Å². The van der Waals surface area contributed by atoms with E-state index in [1.165, 1.54) is 0 Å². The van der Waals surface area contributed by atoms with Crippen molar-refractivity contribution in [3.63, 3.8) is 0 Å². The summed E-state index contributed by atoms with van der Waals surface area (Å²) < 4.78 is 5.71. The second kappa shape index (κ2) is 4.36. The van der Waals surface area contributed by atoms with Gasteiger partial charge in [0.1, 0.15) is 11.4 Å². The maximum absolute atomic E-state index is 5.71. The molecule has 0 spiro atoms. The standard InChI is InChI=1S/C12H19NO/c1-5-13-10-6-8-11(9-7-10)14-12(2,3)4/h6-9,13H,5H2,1-4H3. The van der Waals surface area contributed by atoms with Gasteiger partial charge in [0.05, 0.1) is 0 Å². The van der Waals surface area contributed by atoms with E-state index in [1.54, 1.807) is 0 Å². The summed E-state index contributed by atoms with van der Waals surface area (Å²) in [6.45, 7) is 9.17. The number of rotatable bonds is 3. The highest BCUT2D eigenvalue weighted by atomic mass is 16.5. The number of hydrogen-bond donors (Lipinski definition) is 1. The number of hydrogen-bond acceptors (Lipinski definition) is 2. The second-order valence-corrected chi connectivity index (χ2v) is 4.27. The zero-order valence-electron chi connectivity index (χ0n) is 9.42. The Kier molecular flexibility index (Phi) is 3.39. The van der Waals surface area contributed by atoms with Gasteiger partial charge in [-0.25, -0.2) is 0 Å². The summed E-state index contributed by atoms with van der Waals surface area (Å²) in [7, 11) is 0. The second-order valence-electron chi connectivity index (χ2n) is 4.27. The number of benzene rings is 1. The zero-order chi connectivity index (χ0) is 10.6. The maximum Gasteiger partial charge on any atom is 0.120 e. The van der Waals surface area contributed by atoms with Gasteiger partial charge in [-0.15, -0.1) is 0 Å². The smallest absolute Gasteiger partial charge is 0.120 e. The molecule has 0 saturated carbocycles. The van der Waals surface area contributed by atoms with E-state index in [-0.39, 0.29) is 5.60 Å². The fraction of sp³-hybridized carbons (Fsp3) is 0.500. The van der Waals surface area contributed by atoms with Gasteiger partial charge in [0, 0.05) is 12.2 Å². The van der Waals surface area contributed by atoms with Crippen molar-refractivity contribution in [1.29, 1.82) is 0 Å². The average molecular weight is 193 g/mol. The monoisotopic (exact) mass is 193 g/mol. The molecular weight excluding hydrogens is 174 g/mol. The Hall–Kier alpha value is -1.18. The minimum Gasteiger partial charge on any atom is -0.488 e. The van der Waals surface area contributed by atoms with Crippen LogP contribution in [0.5, 0.6) is 5.75 Å². The maximum atomic E-state index is 5.71. The Morgan fingerprint density at radius 1 is 1.14 bits per heavy atom. The quantitative estimate of drug-likeness (QED) is 0.795. The van der Waals surface area contributed by atoms with Gasteiger partial charge in [0.15, 0.2) is 0 Å². The SMILES string of the molecule is CCNc1ccc(OC(C)(C)C)cc1. The van der Waals surface area contributed by atoms with Gasteiger partial charge >= 0.3 is 0 Å². The Bertz CT molecular complexity index is 271. The van der Waals surface area contributed by atoms with E-state index < -0.39 is 0 Å². The van der Waals surface area contributed by atoms with Gasteiger partial charge < -0.3 is 10.1 Å². The summed E-state index contributed by atoms with van der Waals surface area (Å²) in [6, 6.07) is 8.04. The first-order valence-electron chi connectivity index (χ1n) is 5.04. The minimum absolute atomic E-state index is 0.125. The van der Waals surface area contributed by atoms with Crippen molar-refractivity contribution in [2.24, 2.45) is 0 Å². The first-order chi connectivity index (χ1) is 6.51. The number of nitrogens with one attached hydrogen (secondary N) is 1. The molecule has 0 saturated heterocycles. The predicted molar refractivity (Wildman–Crippen MR) is 61.0 cm³/mol. The van der Waals surface area contributed by atoms with E-state index in [9.17, 15) is 0 Å². The first-order valence-corrected chi connectivity index (χ1v) is 5.04. The van der Waals surface area contributed by atoms with Crippen LogP contribution in [0.1, 0.15) is 27.7 Å². The van der Waals surface area contributed by atoms with Crippen molar-refractivity contribution < 1.29 is 4.74 Å². The van der Waals surface area contributed by atoms with Crippen LogP contribution in [0.2, 0.25) is 0 Å². The molecule has 0 heterocycles. The fourth-order valence-corrected chi connectivity index (χ4v) is 1.20. The van der Waals surface area contributed by atoms with Crippen LogP contribution in [-0.2, 0) is 0 Å². The van der Waals surface area contributed by atoms with Crippen LogP contribution in [0.25, 0.3) is 0 Å². The lowest BCUT2D eigenvalue weighted by molar-refractivity contribution is 0.131. The van der Waals surface area contributed by atoms with E-state index in [4.69, 9.17) is 4.74 Å². The summed E-state index contributed by atoms with van der Waals surface area (Å²) in [5.74, 6) is 0.916. The van der Waals surface area contributed by atoms with E-state index in [2.05, 4.69) is 12.2 Å². The van der Waals surface area contributed by atoms with Crippen LogP contribution in [-0.4, -0.2) is 12.1 Å². The predicted octanol–water partition coefficient (Wildman–Crippen LogP) is 3.30. The molecule has 0 radical (unpaired) electrons. The lowest BCUT2D eigenvalue weighted by atomic mass is 10.2. The molecule has 1 N–H and O–H groups in total. The largest absolute Gasteiger partial charge is 0.488 e. The van der Waals surface area contributed by atoms with Gasteiger partial charge in [-0.05, 0) is 52.0 Å². The van der Waals surface area contributed by atoms with Crippen molar-refractivity contribution in [2.75, 3.05) is 11.9 Å². The summed E-state index contributed by atoms with van der Waals surface area (Å²) in [6.07, 6.45) is 0. The molecule has 14 heavy (non-hydrogen) atoms. The van der Waals surface area contributed by atoms with Crippen LogP contribution in [0.3, 0.4) is 0 Å². The van der Waals surface area contributed by atoms with Crippen LogP contribution >= 0.6 is 0 Å². The number of ether oxygens (including phenoxy) is 1. The molecule has 2 nitrogen and oxygen atoms in total. The Labute approximate surface area is 86.3 Å². The Morgan fingerprint density at radius 3 is 2.14 bits per heavy atom. The lowest BCUT2D eigenvalue weighted by Gasteiger charge is -2.21. The third-order valence-corrected chi connectivity index (χ3v) is 1.66. The zero-order valence-corrected chi connectivity index (χ0v) is 9.42. The van der Waals surface area contributed by atoms with Crippen molar-refractivity contribution >= 4 is 5.69 Å². The summed E-state index contributed by atoms with van der Waals surface area (Å²) >= 11 is 0. The molecule has 0 aliphatic carbocycles. The Balaban J connectivity index is 2.64. The van der Waals surface area contributed by atoms with Gasteiger partial charge in [0.25, 0.3) is 0 Å². The van der Waals surface area contributed by atoms with Crippen LogP contribution in [0, 0.1) is 0 Å². The summed E-state index contributed by atoms with van der Waals surface area (Å²) in [5.41, 5.74) is 1.01. The molecule has 0 unspecified atom stereocenters. The van der Waals surface area contributed by atoms with Crippen LogP contribution in [0.15, 0.2) is 24.3 Å². The fourth-order valence-electron chi connectivity index (χ4n) is 1.20. The molecule has 0 atom stereocenters. The molecule has 0 aliphatic heterocycles. The topological polar surface area (TPSA) is 21.3 Å². The van der Waals surface area contributed by atoms with E-state index in [0.717, 1.165) is 18.0 Å². The van der Waals surface area contributed by atoms with E-state index >= 15 is 0 Å². The molecule has 0 bridgehead atoms. The molecule has 78 valence electrons. The van der Waals surface area contributed by atoms with Crippen LogP contribution in [0.4, 0.5) is 5.69 Å². The molecule has 1 aromatic rings. The minimum atomic E-state index is -0.125. The molecule has 0 aromatic heterocycles. The van der Waals surface area contributed by atoms with Crippen molar-refractivity contribution in [1.82, 2.24) is 0 Å². The van der Waals surface area contributed by atoms with Crippen LogP contribution < -0.4 is 10.1 Å². The Morgan fingerprint density at radius 2 is 1.71 bits per heavy atom. The highest BCUT2D eigenvalue weighted by Gasteiger charge is 2.10. The van der Waals surface area contributed by atoms with Gasteiger partial charge in [-0.3, -0.25) is 0 Å². The first kappa shape index (κ1) is 10.9. The van der Waals surface area contributed by atoms with Gasteiger partial charge in [-0.2, -0.15) is 0 Å². The van der Waals surface area contributed by atoms with E-state index in [0.29, 0.717) is 0 Å². The third kappa shape index (κ3) is 3.69. The number of anilines is 1. The van der Waals surface area contributed by atoms with Gasteiger partial charge in [-0.1, -0.05) is 0 Å². The molecule has 2 heteroatoms. The highest BCUT2D eigenvalue weighted by Crippen LogP contribution is 2.20. The average Bonchev–Trinajstić information content (AvgIpc) is 2.06. The van der Waals surface area contributed by atoms with E-state index in [1.807, 2.05) is 45.0 Å². The van der Waals surface area contributed by atoms with Gasteiger partial charge in [0.2, 0.25) is 0 Å². The lowest BCUT2D eigenvalue weighted by Crippen LogP contribution is -2.22. The summed E-state index contributed by atoms with van der Waals surface area (Å²) in [4.78, 5) is 0. The van der Waals surface area contributed by atoms with Crippen molar-refractivity contribution in [3.05, 3.63) is 24.3 Å². The van der Waals surface area contributed by atoms with Crippen molar-refractivity contribution in [3.8, 4) is 5.75 Å². The molecule has 1 aromatic carbocycles. The summed E-state index contributed by atoms with van der Waals surface area (Å²) in [5, 5.41) is 3.24. The normalized spacial score (nSPS) is 11.1.